The maximum Gasteiger partial charge on any atom is 0.269 e. The molecule has 0 bridgehead atoms. The second-order valence-electron chi connectivity index (χ2n) is 4.78. The van der Waals surface area contributed by atoms with Gasteiger partial charge in [-0.05, 0) is 25.8 Å². The fourth-order valence-electron chi connectivity index (χ4n) is 1.89. The van der Waals surface area contributed by atoms with Crippen molar-refractivity contribution in [2.45, 2.75) is 25.9 Å². The largest absolute Gasteiger partial charge is 0.393 e. The molecule has 0 saturated heterocycles. The molecule has 1 heterocycles. The monoisotopic (exact) mass is 273 g/mol. The van der Waals surface area contributed by atoms with Crippen molar-refractivity contribution in [2.75, 3.05) is 6.54 Å². The Morgan fingerprint density at radius 3 is 2.85 bits per heavy atom. The Bertz CT molecular complexity index is 549. The van der Waals surface area contributed by atoms with Crippen LogP contribution in [0.4, 0.5) is 0 Å². The SMILES string of the molecule is CC(O)CCCNC(=O)c1cc(-c2ccccc2)n[nH]1. The van der Waals surface area contributed by atoms with Gasteiger partial charge in [-0.1, -0.05) is 30.3 Å². The lowest BCUT2D eigenvalue weighted by Gasteiger charge is -2.04. The number of rotatable bonds is 6. The number of aliphatic hydroxyl groups excluding tert-OH is 1. The van der Waals surface area contributed by atoms with Crippen molar-refractivity contribution in [3.05, 3.63) is 42.1 Å². The third-order valence-corrected chi connectivity index (χ3v) is 2.98. The Labute approximate surface area is 118 Å². The second kappa shape index (κ2) is 6.86. The van der Waals surface area contributed by atoms with E-state index in [9.17, 15) is 4.79 Å². The van der Waals surface area contributed by atoms with Gasteiger partial charge in [0.1, 0.15) is 5.69 Å². The van der Waals surface area contributed by atoms with Gasteiger partial charge in [-0.3, -0.25) is 9.89 Å². The molecule has 0 aliphatic heterocycles. The van der Waals surface area contributed by atoms with E-state index < -0.39 is 0 Å². The first-order chi connectivity index (χ1) is 9.66. The second-order valence-corrected chi connectivity index (χ2v) is 4.78. The number of aromatic amines is 1. The number of nitrogens with zero attached hydrogens (tertiary/aromatic N) is 1. The van der Waals surface area contributed by atoms with Gasteiger partial charge in [0.05, 0.1) is 11.8 Å². The zero-order chi connectivity index (χ0) is 14.4. The van der Waals surface area contributed by atoms with Crippen LogP contribution in [0.5, 0.6) is 0 Å². The molecule has 1 amide bonds. The van der Waals surface area contributed by atoms with E-state index in [4.69, 9.17) is 5.11 Å². The standard InChI is InChI=1S/C15H19N3O2/c1-11(19)6-5-9-16-15(20)14-10-13(17-18-14)12-7-3-2-4-8-12/h2-4,7-8,10-11,19H,5-6,9H2,1H3,(H,16,20)(H,17,18). The summed E-state index contributed by atoms with van der Waals surface area (Å²) in [4.78, 5) is 11.9. The van der Waals surface area contributed by atoms with Crippen molar-refractivity contribution in [2.24, 2.45) is 0 Å². The normalized spacial score (nSPS) is 12.1. The minimum Gasteiger partial charge on any atom is -0.393 e. The first-order valence-electron chi connectivity index (χ1n) is 6.74. The fourth-order valence-corrected chi connectivity index (χ4v) is 1.89. The number of aromatic nitrogens is 2. The smallest absolute Gasteiger partial charge is 0.269 e. The Morgan fingerprint density at radius 2 is 2.15 bits per heavy atom. The minimum atomic E-state index is -0.330. The van der Waals surface area contributed by atoms with Gasteiger partial charge in [-0.2, -0.15) is 5.10 Å². The molecule has 0 fully saturated rings. The highest BCUT2D eigenvalue weighted by atomic mass is 16.3. The van der Waals surface area contributed by atoms with Crippen LogP contribution in [0.3, 0.4) is 0 Å². The van der Waals surface area contributed by atoms with Gasteiger partial charge in [-0.15, -0.1) is 0 Å². The van der Waals surface area contributed by atoms with Gasteiger partial charge in [0.25, 0.3) is 5.91 Å². The highest BCUT2D eigenvalue weighted by molar-refractivity contribution is 5.93. The van der Waals surface area contributed by atoms with Crippen molar-refractivity contribution < 1.29 is 9.90 Å². The molecule has 1 unspecified atom stereocenters. The number of H-pyrrole nitrogens is 1. The predicted octanol–water partition coefficient (Wildman–Crippen LogP) is 1.97. The fraction of sp³-hybridized carbons (Fsp3) is 0.333. The van der Waals surface area contributed by atoms with Crippen LogP contribution < -0.4 is 5.32 Å². The van der Waals surface area contributed by atoms with Crippen LogP contribution in [0.25, 0.3) is 11.3 Å². The summed E-state index contributed by atoms with van der Waals surface area (Å²) in [6.45, 7) is 2.28. The molecular weight excluding hydrogens is 254 g/mol. The molecule has 1 aromatic carbocycles. The number of carbonyl (C=O) groups is 1. The van der Waals surface area contributed by atoms with E-state index >= 15 is 0 Å². The molecule has 3 N–H and O–H groups in total. The summed E-state index contributed by atoms with van der Waals surface area (Å²) >= 11 is 0. The maximum absolute atomic E-state index is 11.9. The number of benzene rings is 1. The first-order valence-corrected chi connectivity index (χ1v) is 6.74. The third-order valence-electron chi connectivity index (χ3n) is 2.98. The van der Waals surface area contributed by atoms with Crippen LogP contribution in [0, 0.1) is 0 Å². The van der Waals surface area contributed by atoms with Crippen molar-refractivity contribution >= 4 is 5.91 Å². The number of amides is 1. The van der Waals surface area contributed by atoms with E-state index in [0.29, 0.717) is 18.7 Å². The molecule has 2 aromatic rings. The summed E-state index contributed by atoms with van der Waals surface area (Å²) < 4.78 is 0. The highest BCUT2D eigenvalue weighted by Gasteiger charge is 2.10. The summed E-state index contributed by atoms with van der Waals surface area (Å²) in [6, 6.07) is 11.4. The molecule has 0 aliphatic rings. The Hall–Kier alpha value is -2.14. The van der Waals surface area contributed by atoms with Crippen molar-refractivity contribution in [3.63, 3.8) is 0 Å². The summed E-state index contributed by atoms with van der Waals surface area (Å²) in [5.41, 5.74) is 2.16. The summed E-state index contributed by atoms with van der Waals surface area (Å²) in [5.74, 6) is -0.176. The summed E-state index contributed by atoms with van der Waals surface area (Å²) in [6.07, 6.45) is 1.10. The average Bonchev–Trinajstić information content (AvgIpc) is 2.94. The average molecular weight is 273 g/mol. The van der Waals surface area contributed by atoms with Crippen molar-refractivity contribution in [1.29, 1.82) is 0 Å². The molecule has 0 aliphatic carbocycles. The topological polar surface area (TPSA) is 78.0 Å². The van der Waals surface area contributed by atoms with E-state index in [1.54, 1.807) is 13.0 Å². The van der Waals surface area contributed by atoms with Gasteiger partial charge in [0.15, 0.2) is 0 Å². The maximum atomic E-state index is 11.9. The van der Waals surface area contributed by atoms with E-state index in [0.717, 1.165) is 17.7 Å². The number of aliphatic hydroxyl groups is 1. The van der Waals surface area contributed by atoms with E-state index in [1.807, 2.05) is 30.3 Å². The van der Waals surface area contributed by atoms with E-state index in [1.165, 1.54) is 0 Å². The van der Waals surface area contributed by atoms with Crippen molar-refractivity contribution in [1.82, 2.24) is 15.5 Å². The van der Waals surface area contributed by atoms with Gasteiger partial charge in [0, 0.05) is 12.1 Å². The quantitative estimate of drug-likeness (QED) is 0.704. The van der Waals surface area contributed by atoms with Gasteiger partial charge >= 0.3 is 0 Å². The van der Waals surface area contributed by atoms with Crippen LogP contribution in [0.2, 0.25) is 0 Å². The van der Waals surface area contributed by atoms with Gasteiger partial charge in [-0.25, -0.2) is 0 Å². The zero-order valence-electron chi connectivity index (χ0n) is 11.5. The lowest BCUT2D eigenvalue weighted by Crippen LogP contribution is -2.25. The van der Waals surface area contributed by atoms with Gasteiger partial charge in [0.2, 0.25) is 0 Å². The number of hydrogen-bond acceptors (Lipinski definition) is 3. The van der Waals surface area contributed by atoms with E-state index in [-0.39, 0.29) is 12.0 Å². The van der Waals surface area contributed by atoms with E-state index in [2.05, 4.69) is 15.5 Å². The molecule has 1 aromatic heterocycles. The van der Waals surface area contributed by atoms with Crippen LogP contribution in [0.1, 0.15) is 30.3 Å². The minimum absolute atomic E-state index is 0.176. The molecule has 1 atom stereocenters. The zero-order valence-corrected chi connectivity index (χ0v) is 11.5. The number of nitrogens with one attached hydrogen (secondary N) is 2. The van der Waals surface area contributed by atoms with Crippen LogP contribution in [-0.2, 0) is 0 Å². The molecule has 0 radical (unpaired) electrons. The molecule has 20 heavy (non-hydrogen) atoms. The third kappa shape index (κ3) is 3.93. The molecular formula is C15H19N3O2. The molecule has 0 spiro atoms. The number of carbonyl (C=O) groups excluding carboxylic acids is 1. The molecule has 0 saturated carbocycles. The summed E-state index contributed by atoms with van der Waals surface area (Å²) in [5, 5.41) is 18.8. The Kier molecular flexibility index (Phi) is 4.90. The van der Waals surface area contributed by atoms with Crippen molar-refractivity contribution in [3.8, 4) is 11.3 Å². The summed E-state index contributed by atoms with van der Waals surface area (Å²) in [7, 11) is 0. The first kappa shape index (κ1) is 14.3. The van der Waals surface area contributed by atoms with Crippen LogP contribution in [-0.4, -0.2) is 33.9 Å². The van der Waals surface area contributed by atoms with Crippen LogP contribution >= 0.6 is 0 Å². The highest BCUT2D eigenvalue weighted by Crippen LogP contribution is 2.16. The lowest BCUT2D eigenvalue weighted by atomic mass is 10.1. The molecule has 2 rings (SSSR count). The molecule has 5 heteroatoms. The Balaban J connectivity index is 1.90. The van der Waals surface area contributed by atoms with Crippen LogP contribution in [0.15, 0.2) is 36.4 Å². The lowest BCUT2D eigenvalue weighted by molar-refractivity contribution is 0.0944. The molecule has 5 nitrogen and oxygen atoms in total. The Morgan fingerprint density at radius 1 is 1.40 bits per heavy atom. The van der Waals surface area contributed by atoms with Gasteiger partial charge < -0.3 is 10.4 Å². The molecule has 106 valence electrons. The predicted molar refractivity (Wildman–Crippen MR) is 77.3 cm³/mol. The number of hydrogen-bond donors (Lipinski definition) is 3.